The van der Waals surface area contributed by atoms with Crippen molar-refractivity contribution in [1.29, 1.82) is 0 Å². The second-order valence-corrected chi connectivity index (χ2v) is 25.4. The molecule has 12 nitrogen and oxygen atoms in total. The lowest BCUT2D eigenvalue weighted by Gasteiger charge is -2.38. The van der Waals surface area contributed by atoms with Crippen molar-refractivity contribution in [1.82, 2.24) is 58.8 Å². The molecule has 0 bridgehead atoms. The van der Waals surface area contributed by atoms with E-state index in [4.69, 9.17) is 93.2 Å². The smallest absolute Gasteiger partial charge is 0.0626 e. The summed E-state index contributed by atoms with van der Waals surface area (Å²) in [4.78, 5) is 7.05. The van der Waals surface area contributed by atoms with Crippen LogP contribution in [0.1, 0.15) is 204 Å². The van der Waals surface area contributed by atoms with Crippen LogP contribution >= 0.6 is 0 Å². The Morgan fingerprint density at radius 3 is 0.525 bits per heavy atom. The van der Waals surface area contributed by atoms with E-state index >= 15 is 0 Å². The van der Waals surface area contributed by atoms with Gasteiger partial charge in [0.2, 0.25) is 0 Å². The number of piperazine rings is 6. The third-order valence-electron chi connectivity index (χ3n) is 17.4. The number of hydrogen-bond donors (Lipinski definition) is 0. The first-order valence-electron chi connectivity index (χ1n) is 74.0. The summed E-state index contributed by atoms with van der Waals surface area (Å²) in [6.07, 6.45) is 0. The maximum absolute atomic E-state index is 9.48. The average Bonchev–Trinajstić information content (AvgIpc) is 0.662. The van der Waals surface area contributed by atoms with Crippen LogP contribution in [-0.4, -0.2) is 257 Å². The summed E-state index contributed by atoms with van der Waals surface area (Å²) in [5.41, 5.74) is -3.10. The number of nitrogens with zero attached hydrogens (tertiary/aromatic N) is 12. The SMILES string of the molecule is [2H]C([2H])([2H])N1C([2H])([2H])CN(C([2H])(c2ccccc2)c2ccccc2)CC1([2H])[2H].[2H]C(c1ccccc1)(c1ccccc1)N1C([2H])([2H])C([2H])([2H])N(C)C([2H])([2H])C1([2H])[2H].[2H]C1([2H])CN(C([2H])(c2ccccc2)c2ccccc2)CC([2H])([2H])N1C.[2H]c1c([2H])c([2H])c(C([2H])(c2c([2H])c([2H])c([2H])c([2H])c2[2H])N2C([2H])([2H])C([2H])([2H])N(C)C([2H])([2H])C2([2H])[2H])c([2H])c1[2H].[2H]c1c([2H])c([2H])c(C([2H])(c2c([2H])c([2H])c([2H])c([2H])c2[2H])N2CC([2H])([2H])N(C([2H])([2H])[2H])C([2H])([2H])C2)c([2H])c1[2H].[2H]c1c([2H])c([2H])c(C([2H])(c2c([2H])c([2H])c([2H])c([2H])c2[2H])N2CC([2H])([2H])N(C)C([2H])([2H])C2)c([2H])c1[2H]. The average molecular weight is 1670 g/mol. The van der Waals surface area contributed by atoms with E-state index < -0.39 is 413 Å². The van der Waals surface area contributed by atoms with E-state index in [-0.39, 0.29) is 34.0 Å². The molecular weight excluding hydrogens is 1470 g/mol. The molecule has 0 radical (unpaired) electrons. The molecule has 6 saturated heterocycles. The van der Waals surface area contributed by atoms with Crippen LogP contribution in [0, 0.1) is 0 Å². The molecule has 0 saturated carbocycles. The van der Waals surface area contributed by atoms with Gasteiger partial charge in [0.15, 0.2) is 0 Å². The van der Waals surface area contributed by atoms with Gasteiger partial charge in [-0.3, -0.25) is 29.4 Å². The third-order valence-corrected chi connectivity index (χ3v) is 17.4. The van der Waals surface area contributed by atoms with E-state index in [1.54, 1.807) is 102 Å². The molecule has 0 N–H and O–H groups in total. The second-order valence-electron chi connectivity index (χ2n) is 25.4. The minimum Gasteiger partial charge on any atom is -0.304 e. The fourth-order valence-corrected chi connectivity index (χ4v) is 11.8. The van der Waals surface area contributed by atoms with Crippen molar-refractivity contribution in [2.75, 3.05) is 198 Å². The lowest BCUT2D eigenvalue weighted by Crippen LogP contribution is -2.46. The van der Waals surface area contributed by atoms with Crippen molar-refractivity contribution in [3.8, 4) is 0 Å². The number of hydrogen-bond acceptors (Lipinski definition) is 12. The largest absolute Gasteiger partial charge is 0.304 e. The minimum absolute atomic E-state index is 0.0339. The summed E-state index contributed by atoms with van der Waals surface area (Å²) in [5.74, 6) is 0. The standard InChI is InChI=1S/6C18H22N2/c6*1-19-12-14-20(15-13-19)18(16-8-4-2-5-9-16)17-10-6-3-7-11-17/h6*2-11,18H,12-15H2,1H3/i2D,3D,4D,5D,6D,7D,8D,9D,10D,11D,12D2,13D2,14D2,15D2,18D;1D3,2D,3D,4D,5D,6D,7D,8D,9D,10D,11D,12D2,13D2,18D;2D,3D,4D,5D,6D,7D,8D,9D,10D,11D,12D2,13D2,18D;12D2,13D2,14D2,15D2,18D;1D3,12D2,13D2,18D;12D2,13D2,18D. The van der Waals surface area contributed by atoms with E-state index in [9.17, 15) is 8.22 Å². The van der Waals surface area contributed by atoms with Crippen molar-refractivity contribution in [3.63, 3.8) is 0 Å². The molecule has 120 heavy (non-hydrogen) atoms. The molecule has 6 heterocycles. The molecule has 12 aromatic rings. The lowest BCUT2D eigenvalue weighted by atomic mass is 9.96. The second kappa shape index (κ2) is 47.4. The highest BCUT2D eigenvalue weighted by atomic mass is 15.3. The molecule has 0 atom stereocenters. The van der Waals surface area contributed by atoms with Crippen molar-refractivity contribution in [2.24, 2.45) is 0 Å². The normalized spacial score (nSPS) is 33.9. The third kappa shape index (κ3) is 26.1. The summed E-state index contributed by atoms with van der Waals surface area (Å²) in [5, 5.41) is 0. The van der Waals surface area contributed by atoms with Crippen LogP contribution in [0.4, 0.5) is 0 Å². The highest BCUT2D eigenvalue weighted by Crippen LogP contribution is 2.36. The molecule has 18 rings (SSSR count). The zero-order valence-electron chi connectivity index (χ0n) is 139. The highest BCUT2D eigenvalue weighted by Gasteiger charge is 2.32. The minimum atomic E-state index is -3.80. The van der Waals surface area contributed by atoms with Gasteiger partial charge < -0.3 is 29.4 Å². The maximum Gasteiger partial charge on any atom is 0.0626 e. The number of rotatable bonds is 18. The van der Waals surface area contributed by atoms with Gasteiger partial charge in [-0.15, -0.1) is 0 Å². The topological polar surface area (TPSA) is 38.9 Å². The Labute approximate surface area is 824 Å². The van der Waals surface area contributed by atoms with Crippen LogP contribution in [0.15, 0.2) is 363 Å². The molecule has 0 aliphatic carbocycles. The first-order valence-corrected chi connectivity index (χ1v) is 37.0. The first kappa shape index (κ1) is 34.1. The van der Waals surface area contributed by atoms with Gasteiger partial charge in [0.25, 0.3) is 0 Å². The van der Waals surface area contributed by atoms with Crippen LogP contribution in [-0.2, 0) is 0 Å². The predicted molar refractivity (Wildman–Crippen MR) is 503 cm³/mol. The Morgan fingerprint density at radius 1 is 0.192 bits per heavy atom. The van der Waals surface area contributed by atoms with Gasteiger partial charge in [0.1, 0.15) is 0 Å². The fraction of sp³-hybridized carbons (Fsp3) is 0.333. The fourth-order valence-electron chi connectivity index (χ4n) is 11.8. The summed E-state index contributed by atoms with van der Waals surface area (Å²) in [6.45, 7) is -57.2. The van der Waals surface area contributed by atoms with E-state index in [1.807, 2.05) is 60.7 Å². The summed E-state index contributed by atoms with van der Waals surface area (Å²) in [6, 6.07) is 7.92. The molecular formula is C108H132N12. The van der Waals surface area contributed by atoms with Crippen molar-refractivity contribution < 1.29 is 101 Å². The van der Waals surface area contributed by atoms with E-state index in [0.29, 0.717) is 41.9 Å². The van der Waals surface area contributed by atoms with Gasteiger partial charge >= 0.3 is 0 Å². The first-order chi connectivity index (χ1) is 88.0. The number of likely N-dealkylation sites (N-methyl/N-ethyl adjacent to an activating group) is 6. The monoisotopic (exact) mass is 1670 g/mol. The summed E-state index contributed by atoms with van der Waals surface area (Å²) < 4.78 is 615. The van der Waals surface area contributed by atoms with Crippen LogP contribution in [0.2, 0.25) is 0 Å². The maximum atomic E-state index is 9.48. The van der Waals surface area contributed by atoms with Crippen LogP contribution in [0.5, 0.6) is 0 Å². The molecule has 624 valence electrons. The molecule has 0 unspecified atom stereocenters. The Balaban J connectivity index is 0.000000189. The molecule has 12 heteroatoms. The molecule has 6 aliphatic rings. The predicted octanol–water partition coefficient (Wildman–Crippen LogP) is 18.1. The van der Waals surface area contributed by atoms with E-state index in [0.717, 1.165) is 28.8 Å². The van der Waals surface area contributed by atoms with E-state index in [1.165, 1.54) is 43.3 Å². The van der Waals surface area contributed by atoms with Crippen molar-refractivity contribution in [2.45, 2.75) is 36.1 Å². The summed E-state index contributed by atoms with van der Waals surface area (Å²) >= 11 is 0. The molecule has 0 aromatic heterocycles. The molecule has 0 spiro atoms. The lowest BCUT2D eigenvalue weighted by molar-refractivity contribution is 0.127. The zero-order chi connectivity index (χ0) is 148. The van der Waals surface area contributed by atoms with E-state index in [2.05, 4.69) is 0 Å². The van der Waals surface area contributed by atoms with Gasteiger partial charge in [-0.05, 0) is 109 Å². The Bertz CT molecular complexity index is 8230. The van der Waals surface area contributed by atoms with Gasteiger partial charge in [-0.25, -0.2) is 0 Å². The molecule has 0 amide bonds. The molecule has 6 aliphatic heterocycles. The Morgan fingerprint density at radius 2 is 0.342 bits per heavy atom. The van der Waals surface area contributed by atoms with Gasteiger partial charge in [0.05, 0.1) is 85.5 Å². The highest BCUT2D eigenvalue weighted by molar-refractivity contribution is 5.39. The summed E-state index contributed by atoms with van der Waals surface area (Å²) in [7, 11) is 4.36. The Hall–Kier alpha value is -9.84. The van der Waals surface area contributed by atoms with Gasteiger partial charge in [-0.1, -0.05) is 363 Å². The quantitative estimate of drug-likeness (QED) is 0.0822. The molecule has 12 aromatic carbocycles. The van der Waals surface area contributed by atoms with Crippen molar-refractivity contribution >= 4 is 0 Å². The van der Waals surface area contributed by atoms with Crippen LogP contribution in [0.25, 0.3) is 0 Å². The van der Waals surface area contributed by atoms with Gasteiger partial charge in [0, 0.05) is 208 Å². The van der Waals surface area contributed by atoms with Crippen LogP contribution < -0.4 is 0 Å². The van der Waals surface area contributed by atoms with Crippen LogP contribution in [0.3, 0.4) is 0 Å². The zero-order valence-corrected chi connectivity index (χ0v) is 65.3. The number of benzene rings is 12. The molecule has 6 fully saturated rings. The van der Waals surface area contributed by atoms with Crippen molar-refractivity contribution in [3.05, 3.63) is 430 Å². The Kier molecular flexibility index (Phi) is 13.5. The van der Waals surface area contributed by atoms with Gasteiger partial charge in [-0.2, -0.15) is 0 Å².